The second-order valence-corrected chi connectivity index (χ2v) is 13.9. The lowest BCUT2D eigenvalue weighted by Crippen LogP contribution is -2.32. The molecule has 2 aromatic heterocycles. The maximum Gasteiger partial charge on any atom is 0.304 e. The fourth-order valence-electron chi connectivity index (χ4n) is 4.75. The van der Waals surface area contributed by atoms with Gasteiger partial charge in [-0.25, -0.2) is 19.0 Å². The molecule has 0 radical (unpaired) electrons. The van der Waals surface area contributed by atoms with Crippen LogP contribution < -0.4 is 10.1 Å². The van der Waals surface area contributed by atoms with E-state index >= 15 is 0 Å². The molecule has 1 saturated heterocycles. The molecule has 0 aliphatic carbocycles. The normalized spacial score (nSPS) is 14.2. The summed E-state index contributed by atoms with van der Waals surface area (Å²) < 4.78 is 22.6. The van der Waals surface area contributed by atoms with E-state index in [4.69, 9.17) is 33.7 Å². The zero-order valence-electron chi connectivity index (χ0n) is 23.8. The fraction of sp³-hybridized carbons (Fsp3) is 0.379. The van der Waals surface area contributed by atoms with Gasteiger partial charge < -0.3 is 20.1 Å². The molecule has 1 aliphatic rings. The number of aliphatic carboxylic acids is 1. The van der Waals surface area contributed by atoms with Crippen LogP contribution in [0.4, 0.5) is 15.9 Å². The molecule has 1 fully saturated rings. The fourth-order valence-corrected chi connectivity index (χ4v) is 7.26. The largest absolute Gasteiger partial charge is 0.493 e. The van der Waals surface area contributed by atoms with Gasteiger partial charge in [-0.2, -0.15) is 5.10 Å². The number of thioether (sulfide) groups is 1. The number of nitrogens with one attached hydrogen (secondary N) is 1. The summed E-state index contributed by atoms with van der Waals surface area (Å²) in [4.78, 5) is 35.3. The average Bonchev–Trinajstić information content (AvgIpc) is 3.32. The molecular formula is C29H30ClFN6O4S3. The van der Waals surface area contributed by atoms with Crippen molar-refractivity contribution < 1.29 is 23.8 Å². The number of carboxylic acid groups (broad SMARTS) is 1. The standard InChI is InChI=1S/C29H30ClFN6O4S3/c1-36-7-4-17(5-8-36)15-41-25-13-24-21(27(33-16-32-24)34-19-2-3-23(31)22(30)12-19)11-18(25)10-20(38)14-37-29(42)44-28(35-37)43-9-6-26(39)40/h2-3,11-13,16-17H,4-10,14-15H2,1H3,(H,39,40)(H,32,33,34). The molecule has 2 aromatic carbocycles. The van der Waals surface area contributed by atoms with Crippen molar-refractivity contribution >= 4 is 81.1 Å². The van der Waals surface area contributed by atoms with Crippen LogP contribution in [0.25, 0.3) is 10.9 Å². The van der Waals surface area contributed by atoms with Gasteiger partial charge in [-0.05, 0) is 75.4 Å². The molecule has 232 valence electrons. The van der Waals surface area contributed by atoms with Crippen molar-refractivity contribution in [2.45, 2.75) is 36.6 Å². The Morgan fingerprint density at radius 2 is 2.05 bits per heavy atom. The Balaban J connectivity index is 1.39. The van der Waals surface area contributed by atoms with E-state index < -0.39 is 11.8 Å². The van der Waals surface area contributed by atoms with E-state index in [9.17, 15) is 14.0 Å². The summed E-state index contributed by atoms with van der Waals surface area (Å²) in [6.45, 7) is 2.51. The molecule has 0 amide bonds. The summed E-state index contributed by atoms with van der Waals surface area (Å²) in [5, 5.41) is 17.1. The number of ketones is 1. The van der Waals surface area contributed by atoms with Gasteiger partial charge >= 0.3 is 5.97 Å². The SMILES string of the molecule is CN1CCC(COc2cc3ncnc(Nc4ccc(F)c(Cl)c4)c3cc2CC(=O)Cn2nc(SCCC(=O)O)sc2=S)CC1. The molecule has 1 aliphatic heterocycles. The predicted octanol–water partition coefficient (Wildman–Crippen LogP) is 6.25. The van der Waals surface area contributed by atoms with Crippen molar-refractivity contribution in [2.75, 3.05) is 37.8 Å². The summed E-state index contributed by atoms with van der Waals surface area (Å²) in [6, 6.07) is 7.97. The Hall–Kier alpha value is -3.17. The van der Waals surface area contributed by atoms with Gasteiger partial charge in [0.1, 0.15) is 30.3 Å². The summed E-state index contributed by atoms with van der Waals surface area (Å²) >= 11 is 13.9. The molecular weight excluding hydrogens is 647 g/mol. The maximum atomic E-state index is 13.7. The molecule has 5 rings (SSSR count). The van der Waals surface area contributed by atoms with Crippen molar-refractivity contribution in [3.63, 3.8) is 0 Å². The molecule has 3 heterocycles. The number of carbonyl (C=O) groups is 2. The average molecular weight is 677 g/mol. The topological polar surface area (TPSA) is 122 Å². The van der Waals surface area contributed by atoms with Crippen LogP contribution in [0.5, 0.6) is 5.75 Å². The van der Waals surface area contributed by atoms with E-state index in [-0.39, 0.29) is 30.2 Å². The third-order valence-corrected chi connectivity index (χ3v) is 9.89. The number of aromatic nitrogens is 4. The number of Topliss-reactive ketones (excluding diaryl/α,β-unsaturated/α-hetero) is 1. The molecule has 15 heteroatoms. The lowest BCUT2D eigenvalue weighted by atomic mass is 9.98. The number of fused-ring (bicyclic) bond motifs is 1. The number of carbonyl (C=O) groups excluding carboxylic acids is 1. The number of halogens is 2. The van der Waals surface area contributed by atoms with Gasteiger partial charge in [0.25, 0.3) is 0 Å². The van der Waals surface area contributed by atoms with E-state index in [0.717, 1.165) is 25.9 Å². The van der Waals surface area contributed by atoms with E-state index in [1.807, 2.05) is 12.1 Å². The Morgan fingerprint density at radius 1 is 1.25 bits per heavy atom. The highest BCUT2D eigenvalue weighted by Gasteiger charge is 2.20. The zero-order chi connectivity index (χ0) is 31.2. The zero-order valence-corrected chi connectivity index (χ0v) is 27.0. The highest BCUT2D eigenvalue weighted by molar-refractivity contribution is 8.01. The Morgan fingerprint density at radius 3 is 2.80 bits per heavy atom. The van der Waals surface area contributed by atoms with Gasteiger partial charge in [0.15, 0.2) is 14.1 Å². The Bertz CT molecular complexity index is 1730. The lowest BCUT2D eigenvalue weighted by Gasteiger charge is -2.29. The Labute approximate surface area is 271 Å². The van der Waals surface area contributed by atoms with Crippen molar-refractivity contribution in [3.8, 4) is 5.75 Å². The monoisotopic (exact) mass is 676 g/mol. The van der Waals surface area contributed by atoms with Gasteiger partial charge in [-0.1, -0.05) is 34.7 Å². The third-order valence-electron chi connectivity index (χ3n) is 7.16. The number of hydrogen-bond acceptors (Lipinski definition) is 11. The maximum absolute atomic E-state index is 13.7. The molecule has 4 aromatic rings. The summed E-state index contributed by atoms with van der Waals surface area (Å²) in [7, 11) is 2.11. The second-order valence-electron chi connectivity index (χ2n) is 10.5. The highest BCUT2D eigenvalue weighted by Crippen LogP contribution is 2.32. The number of benzene rings is 2. The predicted molar refractivity (Wildman–Crippen MR) is 173 cm³/mol. The van der Waals surface area contributed by atoms with Crippen molar-refractivity contribution in [2.24, 2.45) is 5.92 Å². The van der Waals surface area contributed by atoms with Crippen LogP contribution in [0.15, 0.2) is 41.0 Å². The quantitative estimate of drug-likeness (QED) is 0.123. The van der Waals surface area contributed by atoms with Crippen LogP contribution in [-0.2, 0) is 22.6 Å². The minimum atomic E-state index is -0.884. The molecule has 10 nitrogen and oxygen atoms in total. The van der Waals surface area contributed by atoms with E-state index in [1.54, 1.807) is 6.07 Å². The van der Waals surface area contributed by atoms with E-state index in [1.165, 1.54) is 46.2 Å². The number of piperidine rings is 1. The number of carboxylic acids is 1. The van der Waals surface area contributed by atoms with Crippen LogP contribution in [-0.4, -0.2) is 74.0 Å². The van der Waals surface area contributed by atoms with E-state index in [2.05, 4.69) is 32.3 Å². The highest BCUT2D eigenvalue weighted by atomic mass is 35.5. The molecule has 0 atom stereocenters. The summed E-state index contributed by atoms with van der Waals surface area (Å²) in [5.74, 6) is 0.274. The molecule has 2 N–H and O–H groups in total. The minimum Gasteiger partial charge on any atom is -0.493 e. The molecule has 0 unspecified atom stereocenters. The van der Waals surface area contributed by atoms with Gasteiger partial charge in [-0.3, -0.25) is 9.59 Å². The van der Waals surface area contributed by atoms with Crippen molar-refractivity contribution in [1.29, 1.82) is 0 Å². The number of hydrogen-bond donors (Lipinski definition) is 2. The van der Waals surface area contributed by atoms with Crippen molar-refractivity contribution in [3.05, 3.63) is 57.0 Å². The number of nitrogens with zero attached hydrogens (tertiary/aromatic N) is 5. The first-order chi connectivity index (χ1) is 21.1. The van der Waals surface area contributed by atoms with Crippen LogP contribution in [0.2, 0.25) is 5.02 Å². The number of ether oxygens (including phenoxy) is 1. The molecule has 44 heavy (non-hydrogen) atoms. The van der Waals surface area contributed by atoms with Crippen molar-refractivity contribution in [1.82, 2.24) is 24.6 Å². The smallest absolute Gasteiger partial charge is 0.304 e. The van der Waals surface area contributed by atoms with Gasteiger partial charge in [0, 0.05) is 34.9 Å². The summed E-state index contributed by atoms with van der Waals surface area (Å²) in [6.07, 6.45) is 3.55. The van der Waals surface area contributed by atoms with Gasteiger partial charge in [0.05, 0.1) is 23.6 Å². The number of anilines is 2. The van der Waals surface area contributed by atoms with Crippen LogP contribution >= 0.6 is 46.9 Å². The number of likely N-dealkylation sites (tertiary alicyclic amines) is 1. The molecule has 0 saturated carbocycles. The van der Waals surface area contributed by atoms with E-state index in [0.29, 0.717) is 60.3 Å². The van der Waals surface area contributed by atoms with Crippen LogP contribution in [0.1, 0.15) is 24.8 Å². The number of rotatable bonds is 13. The van der Waals surface area contributed by atoms with Crippen LogP contribution in [0.3, 0.4) is 0 Å². The van der Waals surface area contributed by atoms with Gasteiger partial charge in [-0.15, -0.1) is 0 Å². The van der Waals surface area contributed by atoms with Crippen LogP contribution in [0, 0.1) is 15.7 Å². The minimum absolute atomic E-state index is 0.00694. The second kappa shape index (κ2) is 14.7. The first-order valence-corrected chi connectivity index (χ1v) is 16.5. The molecule has 0 spiro atoms. The first kappa shape index (κ1) is 32.2. The first-order valence-electron chi connectivity index (χ1n) is 13.9. The molecule has 0 bridgehead atoms. The summed E-state index contributed by atoms with van der Waals surface area (Å²) in [5.41, 5.74) is 1.84. The third kappa shape index (κ3) is 8.51. The lowest BCUT2D eigenvalue weighted by molar-refractivity contribution is -0.136. The Kier molecular flexibility index (Phi) is 10.8. The van der Waals surface area contributed by atoms with Gasteiger partial charge in [0.2, 0.25) is 0 Å².